The van der Waals surface area contributed by atoms with Crippen molar-refractivity contribution in [1.29, 1.82) is 0 Å². The first-order chi connectivity index (χ1) is 8.67. The van der Waals surface area contributed by atoms with Gasteiger partial charge in [0.1, 0.15) is 5.78 Å². The first kappa shape index (κ1) is 11.9. The predicted molar refractivity (Wildman–Crippen MR) is 67.3 cm³/mol. The van der Waals surface area contributed by atoms with Crippen molar-refractivity contribution in [2.45, 2.75) is 51.2 Å². The van der Waals surface area contributed by atoms with E-state index in [-0.39, 0.29) is 12.0 Å². The first-order valence-electron chi connectivity index (χ1n) is 6.87. The number of aryl methyl sites for hydroxylation is 2. The third-order valence-corrected chi connectivity index (χ3v) is 4.26. The van der Waals surface area contributed by atoms with Crippen LogP contribution in [-0.2, 0) is 29.4 Å². The van der Waals surface area contributed by atoms with Crippen molar-refractivity contribution in [1.82, 2.24) is 9.78 Å². The van der Waals surface area contributed by atoms with Gasteiger partial charge in [-0.3, -0.25) is 9.48 Å². The SMILES string of the molecule is CCc1cc(CC(=O)C2CC3CCC2O3)n(C)n1. The van der Waals surface area contributed by atoms with Gasteiger partial charge in [-0.1, -0.05) is 6.92 Å². The number of rotatable bonds is 4. The summed E-state index contributed by atoms with van der Waals surface area (Å²) in [4.78, 5) is 12.3. The molecule has 2 fully saturated rings. The van der Waals surface area contributed by atoms with E-state index in [9.17, 15) is 4.79 Å². The molecule has 2 aliphatic rings. The molecule has 3 atom stereocenters. The van der Waals surface area contributed by atoms with Gasteiger partial charge >= 0.3 is 0 Å². The van der Waals surface area contributed by atoms with Crippen LogP contribution in [0.4, 0.5) is 0 Å². The zero-order valence-corrected chi connectivity index (χ0v) is 11.1. The quantitative estimate of drug-likeness (QED) is 0.814. The number of carbonyl (C=O) groups excluding carboxylic acids is 1. The van der Waals surface area contributed by atoms with Crippen LogP contribution in [0.15, 0.2) is 6.07 Å². The predicted octanol–water partition coefficient (Wildman–Crippen LogP) is 1.66. The van der Waals surface area contributed by atoms with Gasteiger partial charge < -0.3 is 4.74 Å². The fourth-order valence-electron chi connectivity index (χ4n) is 3.20. The third kappa shape index (κ3) is 1.99. The largest absolute Gasteiger partial charge is 0.374 e. The van der Waals surface area contributed by atoms with Gasteiger partial charge in [0.15, 0.2) is 0 Å². The van der Waals surface area contributed by atoms with E-state index in [0.717, 1.165) is 37.1 Å². The van der Waals surface area contributed by atoms with Crippen LogP contribution in [-0.4, -0.2) is 27.8 Å². The Morgan fingerprint density at radius 3 is 2.94 bits per heavy atom. The Morgan fingerprint density at radius 1 is 1.56 bits per heavy atom. The lowest BCUT2D eigenvalue weighted by molar-refractivity contribution is -0.123. The second-order valence-corrected chi connectivity index (χ2v) is 5.46. The van der Waals surface area contributed by atoms with E-state index in [1.54, 1.807) is 0 Å². The molecule has 0 N–H and O–H groups in total. The van der Waals surface area contributed by atoms with Crippen molar-refractivity contribution in [2.75, 3.05) is 0 Å². The molecule has 3 heterocycles. The molecule has 0 aromatic carbocycles. The van der Waals surface area contributed by atoms with Gasteiger partial charge in [0, 0.05) is 25.1 Å². The van der Waals surface area contributed by atoms with Gasteiger partial charge in [0.05, 0.1) is 17.9 Å². The number of nitrogens with zero attached hydrogens (tertiary/aromatic N) is 2. The summed E-state index contributed by atoms with van der Waals surface area (Å²) in [6, 6.07) is 2.05. The molecule has 4 nitrogen and oxygen atoms in total. The van der Waals surface area contributed by atoms with Crippen molar-refractivity contribution in [3.8, 4) is 0 Å². The minimum absolute atomic E-state index is 0.128. The molecule has 0 saturated carbocycles. The van der Waals surface area contributed by atoms with Gasteiger partial charge in [-0.2, -0.15) is 5.10 Å². The molecule has 2 bridgehead atoms. The summed E-state index contributed by atoms with van der Waals surface area (Å²) < 4.78 is 7.60. The fourth-order valence-corrected chi connectivity index (χ4v) is 3.20. The first-order valence-corrected chi connectivity index (χ1v) is 6.87. The number of Topliss-reactive ketones (excluding diaryl/α,β-unsaturated/α-hetero) is 1. The van der Waals surface area contributed by atoms with Crippen LogP contribution < -0.4 is 0 Å². The van der Waals surface area contributed by atoms with Crippen molar-refractivity contribution in [3.63, 3.8) is 0 Å². The molecule has 0 spiro atoms. The van der Waals surface area contributed by atoms with Crippen molar-refractivity contribution >= 4 is 5.78 Å². The topological polar surface area (TPSA) is 44.1 Å². The number of hydrogen-bond donors (Lipinski definition) is 0. The van der Waals surface area contributed by atoms with E-state index >= 15 is 0 Å². The normalized spacial score (nSPS) is 30.0. The van der Waals surface area contributed by atoms with E-state index in [4.69, 9.17) is 4.74 Å². The number of hydrogen-bond acceptors (Lipinski definition) is 3. The summed E-state index contributed by atoms with van der Waals surface area (Å²) in [5.74, 6) is 0.455. The molecule has 0 amide bonds. The van der Waals surface area contributed by atoms with Crippen LogP contribution in [0.2, 0.25) is 0 Å². The Labute approximate surface area is 107 Å². The molecule has 2 aliphatic heterocycles. The van der Waals surface area contributed by atoms with Crippen molar-refractivity contribution in [3.05, 3.63) is 17.5 Å². The fraction of sp³-hybridized carbons (Fsp3) is 0.714. The number of ether oxygens (including phenoxy) is 1. The van der Waals surface area contributed by atoms with E-state index in [1.807, 2.05) is 17.8 Å². The average Bonchev–Trinajstić information content (AvgIpc) is 3.05. The number of carbonyl (C=O) groups is 1. The molecule has 18 heavy (non-hydrogen) atoms. The maximum atomic E-state index is 12.3. The molecule has 2 saturated heterocycles. The van der Waals surface area contributed by atoms with Crippen LogP contribution >= 0.6 is 0 Å². The minimum atomic E-state index is 0.128. The minimum Gasteiger partial charge on any atom is -0.374 e. The van der Waals surface area contributed by atoms with E-state index in [0.29, 0.717) is 18.3 Å². The highest BCUT2D eigenvalue weighted by Gasteiger charge is 2.44. The third-order valence-electron chi connectivity index (χ3n) is 4.26. The Hall–Kier alpha value is -1.16. The Morgan fingerprint density at radius 2 is 2.39 bits per heavy atom. The molecule has 4 heteroatoms. The lowest BCUT2D eigenvalue weighted by atomic mass is 9.85. The summed E-state index contributed by atoms with van der Waals surface area (Å²) >= 11 is 0. The highest BCUT2D eigenvalue weighted by Crippen LogP contribution is 2.39. The Kier molecular flexibility index (Phi) is 2.98. The molecule has 3 unspecified atom stereocenters. The van der Waals surface area contributed by atoms with Gasteiger partial charge in [0.2, 0.25) is 0 Å². The van der Waals surface area contributed by atoms with Crippen molar-refractivity contribution in [2.24, 2.45) is 13.0 Å². The standard InChI is InChI=1S/C14H20N2O2/c1-3-9-6-10(16(2)15-9)7-13(17)12-8-11-4-5-14(12)18-11/h6,11-12,14H,3-5,7-8H2,1-2H3. The van der Waals surface area contributed by atoms with Crippen LogP contribution in [0.1, 0.15) is 37.6 Å². The lowest BCUT2D eigenvalue weighted by Crippen LogP contribution is -2.27. The lowest BCUT2D eigenvalue weighted by Gasteiger charge is -2.16. The number of fused-ring (bicyclic) bond motifs is 2. The van der Waals surface area contributed by atoms with Crippen molar-refractivity contribution < 1.29 is 9.53 Å². The molecule has 3 rings (SSSR count). The smallest absolute Gasteiger partial charge is 0.144 e. The van der Waals surface area contributed by atoms with Gasteiger partial charge in [-0.15, -0.1) is 0 Å². The molecule has 0 aliphatic carbocycles. The molecule has 98 valence electrons. The summed E-state index contributed by atoms with van der Waals surface area (Å²) in [5, 5.41) is 4.39. The summed E-state index contributed by atoms with van der Waals surface area (Å²) in [6.07, 6.45) is 5.09. The molecule has 1 aromatic rings. The Bertz CT molecular complexity index is 466. The monoisotopic (exact) mass is 248 g/mol. The van der Waals surface area contributed by atoms with E-state index in [2.05, 4.69) is 12.0 Å². The second-order valence-electron chi connectivity index (χ2n) is 5.46. The maximum Gasteiger partial charge on any atom is 0.144 e. The molecular formula is C14H20N2O2. The van der Waals surface area contributed by atoms with Crippen LogP contribution in [0.25, 0.3) is 0 Å². The molecular weight excluding hydrogens is 228 g/mol. The zero-order valence-electron chi connectivity index (χ0n) is 11.1. The second kappa shape index (κ2) is 4.50. The van der Waals surface area contributed by atoms with Gasteiger partial charge in [-0.05, 0) is 31.7 Å². The highest BCUT2D eigenvalue weighted by molar-refractivity contribution is 5.84. The van der Waals surface area contributed by atoms with E-state index in [1.165, 1.54) is 0 Å². The van der Waals surface area contributed by atoms with Gasteiger partial charge in [0.25, 0.3) is 0 Å². The van der Waals surface area contributed by atoms with Crippen LogP contribution in [0, 0.1) is 5.92 Å². The summed E-state index contributed by atoms with van der Waals surface area (Å²) in [7, 11) is 1.92. The highest BCUT2D eigenvalue weighted by atomic mass is 16.5. The molecule has 0 radical (unpaired) electrons. The summed E-state index contributed by atoms with van der Waals surface area (Å²) in [6.45, 7) is 2.08. The van der Waals surface area contributed by atoms with Crippen LogP contribution in [0.3, 0.4) is 0 Å². The zero-order chi connectivity index (χ0) is 12.7. The maximum absolute atomic E-state index is 12.3. The summed E-state index contributed by atoms with van der Waals surface area (Å²) in [5.41, 5.74) is 2.09. The van der Waals surface area contributed by atoms with Gasteiger partial charge in [-0.25, -0.2) is 0 Å². The average molecular weight is 248 g/mol. The number of ketones is 1. The Balaban J connectivity index is 1.68. The van der Waals surface area contributed by atoms with Crippen LogP contribution in [0.5, 0.6) is 0 Å². The van der Waals surface area contributed by atoms with E-state index < -0.39 is 0 Å². The molecule has 1 aromatic heterocycles. The number of aromatic nitrogens is 2.